The van der Waals surface area contributed by atoms with Gasteiger partial charge in [-0.1, -0.05) is 88.2 Å². The van der Waals surface area contributed by atoms with Crippen molar-refractivity contribution in [2.45, 2.75) is 5.41 Å². The number of fused-ring (bicyclic) bond motifs is 11. The van der Waals surface area contributed by atoms with Crippen molar-refractivity contribution < 1.29 is 0 Å². The smallest absolute Gasteiger partial charge is 0.0726 e. The molecule has 0 atom stereocenters. The third-order valence-corrected chi connectivity index (χ3v) is 7.70. The molecule has 1 spiro atoms. The average molecular weight is 480 g/mol. The zero-order chi connectivity index (χ0) is 20.7. The van der Waals surface area contributed by atoms with Gasteiger partial charge in [0, 0.05) is 9.50 Å². The van der Waals surface area contributed by atoms with Crippen LogP contribution in [0.15, 0.2) is 102 Å². The summed E-state index contributed by atoms with van der Waals surface area (Å²) in [6.45, 7) is 0. The summed E-state index contributed by atoms with van der Waals surface area (Å²) in [6, 6.07) is 35.3. The summed E-state index contributed by atoms with van der Waals surface area (Å²) < 4.78 is 1.10. The molecule has 7 rings (SSSR count). The molecule has 0 unspecified atom stereocenters. The lowest BCUT2D eigenvalue weighted by atomic mass is 9.70. The molecule has 0 radical (unpaired) electrons. The number of hydrogen-bond acceptors (Lipinski definition) is 0. The van der Waals surface area contributed by atoms with E-state index in [4.69, 9.17) is 11.6 Å². The van der Waals surface area contributed by atoms with Crippen LogP contribution in [0.1, 0.15) is 22.3 Å². The standard InChI is InChI=1S/C29H16BrCl/c30-19-10-9-17-14-24-23-12-11-20(31)16-28(23)29(27(24)15-18(17)13-19)25-7-3-1-5-21(25)22-6-2-4-8-26(22)29/h1-16H. The summed E-state index contributed by atoms with van der Waals surface area (Å²) in [6.07, 6.45) is 0. The lowest BCUT2D eigenvalue weighted by molar-refractivity contribution is 0.795. The van der Waals surface area contributed by atoms with E-state index < -0.39 is 0 Å². The fourth-order valence-corrected chi connectivity index (χ4v) is 6.37. The molecule has 0 amide bonds. The molecule has 0 aliphatic heterocycles. The Balaban J connectivity index is 1.73. The van der Waals surface area contributed by atoms with Gasteiger partial charge in [-0.3, -0.25) is 0 Å². The van der Waals surface area contributed by atoms with Crippen molar-refractivity contribution >= 4 is 38.3 Å². The molecule has 0 saturated heterocycles. The first-order valence-corrected chi connectivity index (χ1v) is 11.6. The Morgan fingerprint density at radius 1 is 0.516 bits per heavy atom. The van der Waals surface area contributed by atoms with Crippen LogP contribution < -0.4 is 0 Å². The van der Waals surface area contributed by atoms with Crippen LogP contribution in [0.25, 0.3) is 33.0 Å². The van der Waals surface area contributed by atoms with Crippen LogP contribution in [-0.4, -0.2) is 0 Å². The zero-order valence-corrected chi connectivity index (χ0v) is 18.8. The molecule has 0 fully saturated rings. The van der Waals surface area contributed by atoms with E-state index in [-0.39, 0.29) is 5.41 Å². The molecule has 5 aromatic carbocycles. The molecular weight excluding hydrogens is 464 g/mol. The molecule has 0 heterocycles. The first-order valence-electron chi connectivity index (χ1n) is 10.4. The summed E-state index contributed by atoms with van der Waals surface area (Å²) in [4.78, 5) is 0. The van der Waals surface area contributed by atoms with Gasteiger partial charge in [0.15, 0.2) is 0 Å². The first-order chi connectivity index (χ1) is 15.2. The Morgan fingerprint density at radius 2 is 1.16 bits per heavy atom. The normalized spacial score (nSPS) is 14.4. The number of benzene rings is 5. The van der Waals surface area contributed by atoms with E-state index in [9.17, 15) is 0 Å². The van der Waals surface area contributed by atoms with E-state index in [0.717, 1.165) is 9.50 Å². The molecule has 2 aliphatic carbocycles. The van der Waals surface area contributed by atoms with Gasteiger partial charge in [0.1, 0.15) is 0 Å². The van der Waals surface area contributed by atoms with Crippen molar-refractivity contribution in [3.63, 3.8) is 0 Å². The van der Waals surface area contributed by atoms with Crippen molar-refractivity contribution in [2.24, 2.45) is 0 Å². The molecule has 0 bridgehead atoms. The van der Waals surface area contributed by atoms with Crippen molar-refractivity contribution in [3.05, 3.63) is 129 Å². The first kappa shape index (κ1) is 17.8. The molecule has 31 heavy (non-hydrogen) atoms. The van der Waals surface area contributed by atoms with Gasteiger partial charge >= 0.3 is 0 Å². The molecule has 0 saturated carbocycles. The van der Waals surface area contributed by atoms with Crippen LogP contribution in [0.4, 0.5) is 0 Å². The Morgan fingerprint density at radius 3 is 1.90 bits per heavy atom. The van der Waals surface area contributed by atoms with Gasteiger partial charge in [0.05, 0.1) is 5.41 Å². The van der Waals surface area contributed by atoms with Gasteiger partial charge in [-0.05, 0) is 91.7 Å². The van der Waals surface area contributed by atoms with Crippen LogP contribution in [0, 0.1) is 0 Å². The average Bonchev–Trinajstić information content (AvgIpc) is 3.24. The fourth-order valence-electron chi connectivity index (χ4n) is 5.82. The summed E-state index contributed by atoms with van der Waals surface area (Å²) >= 11 is 10.3. The minimum Gasteiger partial charge on any atom is -0.0843 e. The van der Waals surface area contributed by atoms with E-state index in [2.05, 4.69) is 107 Å². The molecule has 2 aliphatic rings. The van der Waals surface area contributed by atoms with Crippen LogP contribution in [0.5, 0.6) is 0 Å². The summed E-state index contributed by atoms with van der Waals surface area (Å²) in [5.41, 5.74) is 10.1. The molecule has 2 heteroatoms. The predicted octanol–water partition coefficient (Wildman–Crippen LogP) is 8.60. The highest BCUT2D eigenvalue weighted by molar-refractivity contribution is 9.10. The maximum atomic E-state index is 6.60. The Bertz CT molecular complexity index is 1520. The third-order valence-electron chi connectivity index (χ3n) is 6.97. The topological polar surface area (TPSA) is 0 Å². The highest BCUT2D eigenvalue weighted by atomic mass is 79.9. The van der Waals surface area contributed by atoms with Crippen molar-refractivity contribution in [3.8, 4) is 22.3 Å². The van der Waals surface area contributed by atoms with Gasteiger partial charge in [-0.25, -0.2) is 0 Å². The second-order valence-electron chi connectivity index (χ2n) is 8.42. The Hall–Kier alpha value is -2.87. The number of halogens is 2. The minimum atomic E-state index is -0.348. The molecule has 146 valence electrons. The maximum absolute atomic E-state index is 6.60. The quantitative estimate of drug-likeness (QED) is 0.204. The second-order valence-corrected chi connectivity index (χ2v) is 9.77. The van der Waals surface area contributed by atoms with Gasteiger partial charge in [0.2, 0.25) is 0 Å². The second kappa shape index (κ2) is 6.09. The van der Waals surface area contributed by atoms with Gasteiger partial charge in [0.25, 0.3) is 0 Å². The minimum absolute atomic E-state index is 0.348. The van der Waals surface area contributed by atoms with Crippen molar-refractivity contribution in [1.29, 1.82) is 0 Å². The molecular formula is C29H16BrCl. The van der Waals surface area contributed by atoms with Crippen LogP contribution in [0.3, 0.4) is 0 Å². The van der Waals surface area contributed by atoms with E-state index in [0.29, 0.717) is 0 Å². The molecule has 5 aromatic rings. The predicted molar refractivity (Wildman–Crippen MR) is 133 cm³/mol. The molecule has 0 nitrogen and oxygen atoms in total. The van der Waals surface area contributed by atoms with Crippen molar-refractivity contribution in [2.75, 3.05) is 0 Å². The van der Waals surface area contributed by atoms with Crippen LogP contribution >= 0.6 is 27.5 Å². The monoisotopic (exact) mass is 478 g/mol. The van der Waals surface area contributed by atoms with Crippen LogP contribution in [-0.2, 0) is 5.41 Å². The SMILES string of the molecule is Clc1ccc2c(c1)C1(c3ccccc3-c3ccccc31)c1cc3cc(Br)ccc3cc1-2. The number of hydrogen-bond donors (Lipinski definition) is 0. The van der Waals surface area contributed by atoms with Crippen LogP contribution in [0.2, 0.25) is 5.02 Å². The third kappa shape index (κ3) is 2.16. The fraction of sp³-hybridized carbons (Fsp3) is 0.0345. The van der Waals surface area contributed by atoms with E-state index in [1.54, 1.807) is 0 Å². The van der Waals surface area contributed by atoms with E-state index in [1.807, 2.05) is 6.07 Å². The number of rotatable bonds is 0. The van der Waals surface area contributed by atoms with Gasteiger partial charge in [-0.2, -0.15) is 0 Å². The zero-order valence-electron chi connectivity index (χ0n) is 16.5. The van der Waals surface area contributed by atoms with Gasteiger partial charge in [-0.15, -0.1) is 0 Å². The lowest BCUT2D eigenvalue weighted by Crippen LogP contribution is -2.25. The summed E-state index contributed by atoms with van der Waals surface area (Å²) in [5, 5.41) is 3.27. The van der Waals surface area contributed by atoms with E-state index >= 15 is 0 Å². The van der Waals surface area contributed by atoms with Gasteiger partial charge < -0.3 is 0 Å². The lowest BCUT2D eigenvalue weighted by Gasteiger charge is -2.30. The molecule has 0 aromatic heterocycles. The molecule has 0 N–H and O–H groups in total. The highest BCUT2D eigenvalue weighted by Gasteiger charge is 2.51. The van der Waals surface area contributed by atoms with Crippen molar-refractivity contribution in [1.82, 2.24) is 0 Å². The van der Waals surface area contributed by atoms with E-state index in [1.165, 1.54) is 55.3 Å². The highest BCUT2D eigenvalue weighted by Crippen LogP contribution is 2.63. The summed E-state index contributed by atoms with van der Waals surface area (Å²) in [7, 11) is 0. The Kier molecular flexibility index (Phi) is 3.49. The maximum Gasteiger partial charge on any atom is 0.0726 e. The summed E-state index contributed by atoms with van der Waals surface area (Å²) in [5.74, 6) is 0. The largest absolute Gasteiger partial charge is 0.0843 e. The Labute approximate surface area is 194 Å².